The van der Waals surface area contributed by atoms with Crippen molar-refractivity contribution in [3.63, 3.8) is 0 Å². The molecule has 62 valence electrons. The SMILES string of the molecule is CN/C=C(\C=N)c1ccccc1. The Balaban J connectivity index is 2.96. The van der Waals surface area contributed by atoms with Crippen molar-refractivity contribution in [3.05, 3.63) is 42.1 Å². The van der Waals surface area contributed by atoms with Gasteiger partial charge in [0.15, 0.2) is 0 Å². The monoisotopic (exact) mass is 160 g/mol. The fraction of sp³-hybridized carbons (Fsp3) is 0.100. The van der Waals surface area contributed by atoms with Crippen LogP contribution in [0.1, 0.15) is 5.56 Å². The molecule has 0 aliphatic rings. The van der Waals surface area contributed by atoms with Crippen LogP contribution in [0.3, 0.4) is 0 Å². The number of benzene rings is 1. The molecule has 0 aliphatic heterocycles. The first-order valence-electron chi connectivity index (χ1n) is 3.82. The largest absolute Gasteiger partial charge is 0.393 e. The minimum absolute atomic E-state index is 0.887. The number of hydrogen-bond donors (Lipinski definition) is 2. The molecule has 0 aliphatic carbocycles. The fourth-order valence-corrected chi connectivity index (χ4v) is 0.994. The van der Waals surface area contributed by atoms with E-state index in [2.05, 4.69) is 5.32 Å². The molecule has 0 heterocycles. The van der Waals surface area contributed by atoms with Crippen molar-refractivity contribution in [3.8, 4) is 0 Å². The van der Waals surface area contributed by atoms with E-state index >= 15 is 0 Å². The minimum Gasteiger partial charge on any atom is -0.393 e. The molecule has 0 saturated carbocycles. The van der Waals surface area contributed by atoms with E-state index in [1.807, 2.05) is 43.6 Å². The second-order valence-electron chi connectivity index (χ2n) is 2.40. The highest BCUT2D eigenvalue weighted by Crippen LogP contribution is 2.09. The lowest BCUT2D eigenvalue weighted by Crippen LogP contribution is -1.96. The van der Waals surface area contributed by atoms with E-state index in [-0.39, 0.29) is 0 Å². The van der Waals surface area contributed by atoms with Gasteiger partial charge in [-0.05, 0) is 5.56 Å². The van der Waals surface area contributed by atoms with Crippen molar-refractivity contribution < 1.29 is 0 Å². The van der Waals surface area contributed by atoms with Gasteiger partial charge in [-0.2, -0.15) is 0 Å². The van der Waals surface area contributed by atoms with Gasteiger partial charge in [0.05, 0.1) is 0 Å². The Morgan fingerprint density at radius 1 is 1.33 bits per heavy atom. The summed E-state index contributed by atoms with van der Waals surface area (Å²) in [7, 11) is 1.83. The first-order valence-corrected chi connectivity index (χ1v) is 3.82. The van der Waals surface area contributed by atoms with Crippen LogP contribution in [0.4, 0.5) is 0 Å². The van der Waals surface area contributed by atoms with E-state index in [0.717, 1.165) is 11.1 Å². The summed E-state index contributed by atoms with van der Waals surface area (Å²) in [6, 6.07) is 9.84. The van der Waals surface area contributed by atoms with Gasteiger partial charge in [0.2, 0.25) is 0 Å². The van der Waals surface area contributed by atoms with Gasteiger partial charge in [-0.15, -0.1) is 0 Å². The molecule has 2 heteroatoms. The van der Waals surface area contributed by atoms with Crippen LogP contribution in [0.25, 0.3) is 5.57 Å². The average Bonchev–Trinajstić information content (AvgIpc) is 2.15. The third-order valence-corrected chi connectivity index (χ3v) is 1.56. The predicted molar refractivity (Wildman–Crippen MR) is 52.3 cm³/mol. The molecule has 12 heavy (non-hydrogen) atoms. The molecule has 0 amide bonds. The van der Waals surface area contributed by atoms with Crippen LogP contribution in [0.2, 0.25) is 0 Å². The van der Waals surface area contributed by atoms with Crippen LogP contribution >= 0.6 is 0 Å². The Morgan fingerprint density at radius 3 is 2.50 bits per heavy atom. The molecule has 1 aromatic carbocycles. The summed E-state index contributed by atoms with van der Waals surface area (Å²) in [4.78, 5) is 0. The average molecular weight is 160 g/mol. The van der Waals surface area contributed by atoms with E-state index in [4.69, 9.17) is 5.41 Å². The Kier molecular flexibility index (Phi) is 3.08. The van der Waals surface area contributed by atoms with Crippen LogP contribution in [0.5, 0.6) is 0 Å². The number of rotatable bonds is 3. The molecule has 0 atom stereocenters. The molecular formula is C10H12N2. The maximum Gasteiger partial charge on any atom is 0.0270 e. The summed E-state index contributed by atoms with van der Waals surface area (Å²) in [6.07, 6.45) is 3.15. The molecule has 1 aromatic rings. The predicted octanol–water partition coefficient (Wildman–Crippen LogP) is 1.90. The van der Waals surface area contributed by atoms with Gasteiger partial charge in [0.1, 0.15) is 0 Å². The second kappa shape index (κ2) is 4.34. The molecular weight excluding hydrogens is 148 g/mol. The Bertz CT molecular complexity index is 275. The summed E-state index contributed by atoms with van der Waals surface area (Å²) in [5.41, 5.74) is 1.94. The van der Waals surface area contributed by atoms with E-state index < -0.39 is 0 Å². The van der Waals surface area contributed by atoms with Crippen molar-refractivity contribution in [1.29, 1.82) is 5.41 Å². The van der Waals surface area contributed by atoms with E-state index in [1.54, 1.807) is 0 Å². The quantitative estimate of drug-likeness (QED) is 0.651. The molecule has 0 saturated heterocycles. The topological polar surface area (TPSA) is 35.9 Å². The standard InChI is InChI=1S/C10H12N2/c1-12-8-10(7-11)9-5-3-2-4-6-9/h2-8,11-12H,1H3/b10-8+,11-7?. The van der Waals surface area contributed by atoms with Gasteiger partial charge in [0.25, 0.3) is 0 Å². The summed E-state index contributed by atoms with van der Waals surface area (Å²) < 4.78 is 0. The van der Waals surface area contributed by atoms with Crippen molar-refractivity contribution in [2.45, 2.75) is 0 Å². The summed E-state index contributed by atoms with van der Waals surface area (Å²) >= 11 is 0. The van der Waals surface area contributed by atoms with Crippen molar-refractivity contribution in [2.24, 2.45) is 0 Å². The lowest BCUT2D eigenvalue weighted by Gasteiger charge is -1.99. The van der Waals surface area contributed by atoms with Gasteiger partial charge in [-0.25, -0.2) is 0 Å². The molecule has 0 bridgehead atoms. The molecule has 0 spiro atoms. The van der Waals surface area contributed by atoms with Crippen LogP contribution in [-0.4, -0.2) is 13.3 Å². The van der Waals surface area contributed by atoms with Crippen molar-refractivity contribution in [2.75, 3.05) is 7.05 Å². The molecule has 0 radical (unpaired) electrons. The third-order valence-electron chi connectivity index (χ3n) is 1.56. The molecule has 2 nitrogen and oxygen atoms in total. The van der Waals surface area contributed by atoms with Crippen LogP contribution in [-0.2, 0) is 0 Å². The summed E-state index contributed by atoms with van der Waals surface area (Å²) in [6.45, 7) is 0. The molecule has 0 unspecified atom stereocenters. The van der Waals surface area contributed by atoms with Crippen LogP contribution in [0, 0.1) is 5.41 Å². The molecule has 0 fully saturated rings. The van der Waals surface area contributed by atoms with E-state index in [9.17, 15) is 0 Å². The number of nitrogens with one attached hydrogen (secondary N) is 2. The van der Waals surface area contributed by atoms with E-state index in [0.29, 0.717) is 0 Å². The third kappa shape index (κ3) is 1.95. The van der Waals surface area contributed by atoms with Crippen LogP contribution < -0.4 is 5.32 Å². The second-order valence-corrected chi connectivity index (χ2v) is 2.40. The highest BCUT2D eigenvalue weighted by Gasteiger charge is 1.94. The summed E-state index contributed by atoms with van der Waals surface area (Å²) in [5.74, 6) is 0. The lowest BCUT2D eigenvalue weighted by molar-refractivity contribution is 1.11. The van der Waals surface area contributed by atoms with Crippen LogP contribution in [0.15, 0.2) is 36.5 Å². The molecule has 0 aromatic heterocycles. The number of allylic oxidation sites excluding steroid dienone is 1. The first-order chi connectivity index (χ1) is 5.88. The van der Waals surface area contributed by atoms with Gasteiger partial charge in [-0.3, -0.25) is 0 Å². The highest BCUT2D eigenvalue weighted by atomic mass is 14.8. The first kappa shape index (κ1) is 8.53. The summed E-state index contributed by atoms with van der Waals surface area (Å²) in [5, 5.41) is 10.1. The maximum absolute atomic E-state index is 7.17. The molecule has 2 N–H and O–H groups in total. The van der Waals surface area contributed by atoms with Gasteiger partial charge in [0, 0.05) is 25.0 Å². The molecule has 1 rings (SSSR count). The Morgan fingerprint density at radius 2 is 2.00 bits per heavy atom. The van der Waals surface area contributed by atoms with E-state index in [1.165, 1.54) is 6.21 Å². The van der Waals surface area contributed by atoms with Gasteiger partial charge in [-0.1, -0.05) is 30.3 Å². The minimum atomic E-state index is 0.887. The Labute approximate surface area is 72.4 Å². The van der Waals surface area contributed by atoms with Crippen molar-refractivity contribution in [1.82, 2.24) is 5.32 Å². The Hall–Kier alpha value is -1.57. The smallest absolute Gasteiger partial charge is 0.0270 e. The zero-order valence-electron chi connectivity index (χ0n) is 7.04. The van der Waals surface area contributed by atoms with Gasteiger partial charge < -0.3 is 10.7 Å². The zero-order valence-corrected chi connectivity index (χ0v) is 7.04. The zero-order chi connectivity index (χ0) is 8.81. The maximum atomic E-state index is 7.17. The van der Waals surface area contributed by atoms with Gasteiger partial charge >= 0.3 is 0 Å². The highest BCUT2D eigenvalue weighted by molar-refractivity contribution is 6.08. The lowest BCUT2D eigenvalue weighted by atomic mass is 10.1. The fourth-order valence-electron chi connectivity index (χ4n) is 0.994. The number of hydrogen-bond acceptors (Lipinski definition) is 2. The van der Waals surface area contributed by atoms with Crippen molar-refractivity contribution >= 4 is 11.8 Å². The normalized spacial score (nSPS) is 10.9.